The first-order valence-corrected chi connectivity index (χ1v) is 11.7. The van der Waals surface area contributed by atoms with E-state index in [-0.39, 0.29) is 12.6 Å². The van der Waals surface area contributed by atoms with Gasteiger partial charge in [0, 0.05) is 31.2 Å². The molecule has 4 rings (SSSR count). The van der Waals surface area contributed by atoms with Crippen LogP contribution in [0.1, 0.15) is 5.56 Å². The van der Waals surface area contributed by atoms with Gasteiger partial charge in [-0.05, 0) is 12.1 Å². The number of anilines is 1. The molecule has 1 N–H and O–H groups in total. The fourth-order valence-electron chi connectivity index (χ4n) is 3.13. The number of sulfonamides is 1. The smallest absolute Gasteiger partial charge is 0.373 e. The lowest BCUT2D eigenvalue weighted by molar-refractivity contribution is -0.137. The maximum absolute atomic E-state index is 13.1. The highest BCUT2D eigenvalue weighted by Gasteiger charge is 2.31. The topological polar surface area (TPSA) is 88.8 Å². The van der Waals surface area contributed by atoms with Crippen LogP contribution in [0.15, 0.2) is 29.9 Å². The van der Waals surface area contributed by atoms with Gasteiger partial charge in [-0.25, -0.2) is 23.1 Å². The minimum absolute atomic E-state index is 0.154. The molecule has 1 fully saturated rings. The maximum Gasteiger partial charge on any atom is 0.417 e. The molecule has 1 saturated heterocycles. The number of nitrogens with zero attached hydrogens (tertiary/aromatic N) is 4. The molecule has 1 aliphatic rings. The predicted octanol–water partition coefficient (Wildman–Crippen LogP) is 2.23. The highest BCUT2D eigenvalue weighted by atomic mass is 32.2. The molecule has 13 heteroatoms. The second kappa shape index (κ2) is 7.80. The molecule has 0 spiro atoms. The Morgan fingerprint density at radius 1 is 1.37 bits per heavy atom. The van der Waals surface area contributed by atoms with Crippen molar-refractivity contribution >= 4 is 32.1 Å². The van der Waals surface area contributed by atoms with E-state index in [2.05, 4.69) is 14.7 Å². The van der Waals surface area contributed by atoms with Crippen molar-refractivity contribution in [1.82, 2.24) is 19.1 Å². The number of rotatable bonds is 5. The van der Waals surface area contributed by atoms with Crippen LogP contribution in [-0.4, -0.2) is 61.4 Å². The lowest BCUT2D eigenvalue weighted by Gasteiger charge is -2.32. The molecule has 3 aromatic heterocycles. The summed E-state index contributed by atoms with van der Waals surface area (Å²) in [7, 11) is -3.32. The Labute approximate surface area is 174 Å². The minimum atomic E-state index is -4.45. The Kier molecular flexibility index (Phi) is 5.46. The van der Waals surface area contributed by atoms with Crippen molar-refractivity contribution in [3.63, 3.8) is 0 Å². The van der Waals surface area contributed by atoms with E-state index < -0.39 is 21.8 Å². The Bertz CT molecular complexity index is 1160. The number of aromatic nitrogens is 3. The van der Waals surface area contributed by atoms with E-state index in [4.69, 9.17) is 4.74 Å². The van der Waals surface area contributed by atoms with Crippen molar-refractivity contribution in [2.75, 3.05) is 37.4 Å². The fourth-order valence-corrected chi connectivity index (χ4v) is 4.47. The van der Waals surface area contributed by atoms with Crippen LogP contribution in [0.25, 0.3) is 17.0 Å². The number of morpholine rings is 1. The van der Waals surface area contributed by atoms with Crippen molar-refractivity contribution in [3.05, 3.63) is 35.5 Å². The molecule has 162 valence electrons. The molecule has 30 heavy (non-hydrogen) atoms. The van der Waals surface area contributed by atoms with Crippen LogP contribution >= 0.6 is 11.3 Å². The first kappa shape index (κ1) is 21.0. The Balaban J connectivity index is 1.55. The molecule has 0 aromatic carbocycles. The van der Waals surface area contributed by atoms with Gasteiger partial charge < -0.3 is 9.64 Å². The second-order valence-electron chi connectivity index (χ2n) is 6.86. The van der Waals surface area contributed by atoms with Gasteiger partial charge in [-0.15, -0.1) is 11.3 Å². The van der Waals surface area contributed by atoms with Crippen molar-refractivity contribution in [1.29, 1.82) is 0 Å². The first-order chi connectivity index (χ1) is 14.1. The molecule has 3 aromatic rings. The summed E-state index contributed by atoms with van der Waals surface area (Å²) in [6.07, 6.45) is -1.19. The normalized spacial score (nSPS) is 18.3. The van der Waals surface area contributed by atoms with E-state index in [1.807, 2.05) is 4.90 Å². The predicted molar refractivity (Wildman–Crippen MR) is 106 cm³/mol. The van der Waals surface area contributed by atoms with E-state index in [0.717, 1.165) is 18.5 Å². The number of thiazole rings is 1. The SMILES string of the molecule is CS(=O)(=O)NC[C@@H]1CN(c2nc(-c3cnc4ccc(C(F)(F)F)cn34)cs2)CCO1. The number of imidazole rings is 1. The monoisotopic (exact) mass is 461 g/mol. The number of fused-ring (bicyclic) bond motifs is 1. The van der Waals surface area contributed by atoms with Gasteiger partial charge in [-0.2, -0.15) is 13.2 Å². The van der Waals surface area contributed by atoms with Crippen LogP contribution in [0.3, 0.4) is 0 Å². The van der Waals surface area contributed by atoms with Gasteiger partial charge in [0.25, 0.3) is 0 Å². The van der Waals surface area contributed by atoms with E-state index in [0.29, 0.717) is 41.9 Å². The third kappa shape index (κ3) is 4.58. The summed E-state index contributed by atoms with van der Waals surface area (Å²) in [6.45, 7) is 1.59. The molecule has 8 nitrogen and oxygen atoms in total. The van der Waals surface area contributed by atoms with Crippen LogP contribution in [0.5, 0.6) is 0 Å². The van der Waals surface area contributed by atoms with Crippen molar-refractivity contribution < 1.29 is 26.3 Å². The molecule has 0 unspecified atom stereocenters. The lowest BCUT2D eigenvalue weighted by Crippen LogP contribution is -2.47. The lowest BCUT2D eigenvalue weighted by atomic mass is 10.2. The summed E-state index contributed by atoms with van der Waals surface area (Å²) < 4.78 is 71.2. The zero-order chi connectivity index (χ0) is 21.5. The maximum atomic E-state index is 13.1. The molecule has 0 bridgehead atoms. The average Bonchev–Trinajstić information content (AvgIpc) is 3.31. The highest BCUT2D eigenvalue weighted by molar-refractivity contribution is 7.88. The zero-order valence-corrected chi connectivity index (χ0v) is 17.4. The fraction of sp³-hybridized carbons (Fsp3) is 0.412. The van der Waals surface area contributed by atoms with E-state index in [1.54, 1.807) is 5.38 Å². The number of nitrogens with one attached hydrogen (secondary N) is 1. The summed E-state index contributed by atoms with van der Waals surface area (Å²) in [5, 5.41) is 2.44. The van der Waals surface area contributed by atoms with Gasteiger partial charge >= 0.3 is 6.18 Å². The number of ether oxygens (including phenoxy) is 1. The number of hydrogen-bond acceptors (Lipinski definition) is 7. The molecule has 4 heterocycles. The van der Waals surface area contributed by atoms with E-state index in [1.165, 1.54) is 28.0 Å². The number of hydrogen-bond donors (Lipinski definition) is 1. The van der Waals surface area contributed by atoms with Gasteiger partial charge in [0.2, 0.25) is 10.0 Å². The zero-order valence-electron chi connectivity index (χ0n) is 15.8. The Hall–Kier alpha value is -2.22. The quantitative estimate of drug-likeness (QED) is 0.627. The van der Waals surface area contributed by atoms with Gasteiger partial charge in [-0.3, -0.25) is 4.40 Å². The van der Waals surface area contributed by atoms with Gasteiger partial charge in [0.1, 0.15) is 11.3 Å². The van der Waals surface area contributed by atoms with Crippen LogP contribution in [0.2, 0.25) is 0 Å². The molecule has 1 aliphatic heterocycles. The third-order valence-electron chi connectivity index (χ3n) is 4.57. The van der Waals surface area contributed by atoms with Gasteiger partial charge in [0.15, 0.2) is 5.13 Å². The van der Waals surface area contributed by atoms with Gasteiger partial charge in [-0.1, -0.05) is 0 Å². The summed E-state index contributed by atoms with van der Waals surface area (Å²) in [6, 6.07) is 2.32. The number of halogens is 3. The number of pyridine rings is 1. The average molecular weight is 461 g/mol. The largest absolute Gasteiger partial charge is 0.417 e. The van der Waals surface area contributed by atoms with Crippen molar-refractivity contribution in [2.24, 2.45) is 0 Å². The highest BCUT2D eigenvalue weighted by Crippen LogP contribution is 2.32. The summed E-state index contributed by atoms with van der Waals surface area (Å²) >= 11 is 1.36. The van der Waals surface area contributed by atoms with Crippen LogP contribution in [0.4, 0.5) is 18.3 Å². The molecular formula is C17H18F3N5O3S2. The molecule has 0 saturated carbocycles. The van der Waals surface area contributed by atoms with E-state index >= 15 is 0 Å². The van der Waals surface area contributed by atoms with Crippen LogP contribution < -0.4 is 9.62 Å². The summed E-state index contributed by atoms with van der Waals surface area (Å²) in [5.41, 5.74) is 0.603. The Morgan fingerprint density at radius 2 is 2.17 bits per heavy atom. The summed E-state index contributed by atoms with van der Waals surface area (Å²) in [5.74, 6) is 0. The third-order valence-corrected chi connectivity index (χ3v) is 6.16. The molecule has 0 radical (unpaired) electrons. The standard InChI is InChI=1S/C17H18F3N5O3S2/c1-30(26,27)22-6-12-9-24(4-5-28-12)16-23-13(10-29-16)14-7-21-15-3-2-11(8-25(14)15)17(18,19)20/h2-3,7-8,10,12,22H,4-6,9H2,1H3/t12-/m1/s1. The molecular weight excluding hydrogens is 443 g/mol. The van der Waals surface area contributed by atoms with Crippen LogP contribution in [-0.2, 0) is 20.9 Å². The van der Waals surface area contributed by atoms with Crippen molar-refractivity contribution in [2.45, 2.75) is 12.3 Å². The molecule has 0 amide bonds. The first-order valence-electron chi connectivity index (χ1n) is 8.91. The second-order valence-corrected chi connectivity index (χ2v) is 9.53. The molecule has 0 aliphatic carbocycles. The minimum Gasteiger partial charge on any atom is -0.373 e. The summed E-state index contributed by atoms with van der Waals surface area (Å²) in [4.78, 5) is 10.7. The van der Waals surface area contributed by atoms with Crippen LogP contribution in [0, 0.1) is 0 Å². The van der Waals surface area contributed by atoms with Gasteiger partial charge in [0.05, 0.1) is 36.4 Å². The van der Waals surface area contributed by atoms with E-state index in [9.17, 15) is 21.6 Å². The van der Waals surface area contributed by atoms with Crippen molar-refractivity contribution in [3.8, 4) is 11.4 Å². The molecule has 1 atom stereocenters. The number of alkyl halides is 3. The Morgan fingerprint density at radius 3 is 2.90 bits per heavy atom.